The molecule has 1 aliphatic rings. The fourth-order valence-electron chi connectivity index (χ4n) is 3.30. The maximum atomic E-state index is 5.77. The van der Waals surface area contributed by atoms with Crippen LogP contribution in [0, 0.1) is 5.92 Å². The molecule has 0 amide bonds. The van der Waals surface area contributed by atoms with Crippen molar-refractivity contribution in [1.29, 1.82) is 0 Å². The molecule has 0 bridgehead atoms. The first kappa shape index (κ1) is 24.6. The number of benzene rings is 1. The molecular formula is C22H34IN5O2. The van der Waals surface area contributed by atoms with Crippen molar-refractivity contribution >= 4 is 29.9 Å². The molecule has 3 rings (SSSR count). The Morgan fingerprint density at radius 2 is 2.20 bits per heavy atom. The number of para-hydroxylation sites is 1. The number of hydrogen-bond donors (Lipinski definition) is 1. The first-order valence-corrected chi connectivity index (χ1v) is 10.5. The molecule has 1 aromatic carbocycles. The zero-order chi connectivity index (χ0) is 20.3. The summed E-state index contributed by atoms with van der Waals surface area (Å²) in [7, 11) is 2.05. The molecule has 30 heavy (non-hydrogen) atoms. The summed E-state index contributed by atoms with van der Waals surface area (Å²) in [5, 5.41) is 7.85. The van der Waals surface area contributed by atoms with Crippen molar-refractivity contribution in [1.82, 2.24) is 20.0 Å². The lowest BCUT2D eigenvalue weighted by Gasteiger charge is -2.21. The molecule has 1 N–H and O–H groups in total. The highest BCUT2D eigenvalue weighted by Crippen LogP contribution is 2.12. The third kappa shape index (κ3) is 7.88. The van der Waals surface area contributed by atoms with Gasteiger partial charge in [-0.1, -0.05) is 18.2 Å². The first-order chi connectivity index (χ1) is 14.3. The lowest BCUT2D eigenvalue weighted by molar-refractivity contribution is 0.0893. The molecule has 0 spiro atoms. The van der Waals surface area contributed by atoms with Crippen molar-refractivity contribution in [2.75, 3.05) is 46.6 Å². The van der Waals surface area contributed by atoms with Gasteiger partial charge in [-0.05, 0) is 31.9 Å². The van der Waals surface area contributed by atoms with Crippen LogP contribution >= 0.6 is 24.0 Å². The number of nitrogens with one attached hydrogen (secondary N) is 1. The minimum atomic E-state index is 0. The minimum Gasteiger partial charge on any atom is -0.381 e. The summed E-state index contributed by atoms with van der Waals surface area (Å²) in [4.78, 5) is 6.87. The van der Waals surface area contributed by atoms with Crippen molar-refractivity contribution in [2.24, 2.45) is 10.9 Å². The van der Waals surface area contributed by atoms with E-state index in [0.29, 0.717) is 5.92 Å². The van der Waals surface area contributed by atoms with Gasteiger partial charge in [0.15, 0.2) is 5.96 Å². The van der Waals surface area contributed by atoms with Crippen molar-refractivity contribution < 1.29 is 9.47 Å². The van der Waals surface area contributed by atoms with Crippen molar-refractivity contribution in [2.45, 2.75) is 26.3 Å². The summed E-state index contributed by atoms with van der Waals surface area (Å²) in [5.74, 6) is 1.47. The molecule has 0 radical (unpaired) electrons. The second kappa shape index (κ2) is 13.6. The van der Waals surface area contributed by atoms with Gasteiger partial charge < -0.3 is 19.7 Å². The molecule has 1 aliphatic heterocycles. The Balaban J connectivity index is 0.00000320. The van der Waals surface area contributed by atoms with Crippen LogP contribution in [0.3, 0.4) is 0 Å². The number of ether oxygens (including phenoxy) is 2. The predicted octanol–water partition coefficient (Wildman–Crippen LogP) is 3.33. The van der Waals surface area contributed by atoms with Crippen LogP contribution in [0.4, 0.5) is 0 Å². The average Bonchev–Trinajstić information content (AvgIpc) is 3.42. The summed E-state index contributed by atoms with van der Waals surface area (Å²) in [6, 6.07) is 10.1. The highest BCUT2D eigenvalue weighted by molar-refractivity contribution is 14.0. The van der Waals surface area contributed by atoms with E-state index in [1.807, 2.05) is 41.2 Å². The van der Waals surface area contributed by atoms with Crippen LogP contribution in [0.15, 0.2) is 47.7 Å². The lowest BCUT2D eigenvalue weighted by atomic mass is 10.1. The quantitative estimate of drug-likeness (QED) is 0.222. The molecule has 0 saturated carbocycles. The maximum Gasteiger partial charge on any atom is 0.193 e. The van der Waals surface area contributed by atoms with Gasteiger partial charge in [0.1, 0.15) is 0 Å². The van der Waals surface area contributed by atoms with Gasteiger partial charge in [0.05, 0.1) is 25.1 Å². The van der Waals surface area contributed by atoms with Gasteiger partial charge in [-0.2, -0.15) is 5.10 Å². The number of halogens is 1. The molecule has 2 aromatic rings. The van der Waals surface area contributed by atoms with E-state index in [-0.39, 0.29) is 24.0 Å². The number of rotatable bonds is 10. The van der Waals surface area contributed by atoms with Crippen LogP contribution < -0.4 is 5.32 Å². The summed E-state index contributed by atoms with van der Waals surface area (Å²) < 4.78 is 13.0. The normalized spacial score (nSPS) is 16.3. The minimum absolute atomic E-state index is 0. The monoisotopic (exact) mass is 527 g/mol. The molecule has 7 nitrogen and oxygen atoms in total. The van der Waals surface area contributed by atoms with Crippen molar-refractivity contribution in [3.05, 3.63) is 48.3 Å². The average molecular weight is 527 g/mol. The molecule has 1 fully saturated rings. The van der Waals surface area contributed by atoms with E-state index in [4.69, 9.17) is 14.5 Å². The number of guanidine groups is 1. The van der Waals surface area contributed by atoms with E-state index < -0.39 is 0 Å². The van der Waals surface area contributed by atoms with Crippen LogP contribution in [-0.4, -0.2) is 67.2 Å². The highest BCUT2D eigenvalue weighted by atomic mass is 127. The Morgan fingerprint density at radius 3 is 2.93 bits per heavy atom. The lowest BCUT2D eigenvalue weighted by Crippen LogP contribution is -2.38. The molecule has 2 heterocycles. The first-order valence-electron chi connectivity index (χ1n) is 10.5. The third-order valence-corrected chi connectivity index (χ3v) is 4.86. The van der Waals surface area contributed by atoms with Gasteiger partial charge in [-0.3, -0.25) is 4.99 Å². The SMILES string of the molecule is CCNC(=NCCCOCC1CCOC1)N(C)Cc1cnn(-c2ccccc2)c1.I. The van der Waals surface area contributed by atoms with Crippen LogP contribution in [-0.2, 0) is 16.0 Å². The Morgan fingerprint density at radius 1 is 1.37 bits per heavy atom. The molecule has 1 atom stereocenters. The van der Waals surface area contributed by atoms with E-state index in [9.17, 15) is 0 Å². The van der Waals surface area contributed by atoms with Gasteiger partial charge in [0, 0.05) is 57.6 Å². The van der Waals surface area contributed by atoms with Crippen LogP contribution in [0.1, 0.15) is 25.3 Å². The molecule has 8 heteroatoms. The van der Waals surface area contributed by atoms with Crippen LogP contribution in [0.5, 0.6) is 0 Å². The molecule has 1 unspecified atom stereocenters. The molecule has 1 aromatic heterocycles. The molecule has 166 valence electrons. The zero-order valence-electron chi connectivity index (χ0n) is 18.0. The number of aliphatic imine (C=N–C) groups is 1. The summed E-state index contributed by atoms with van der Waals surface area (Å²) >= 11 is 0. The Bertz CT molecular complexity index is 747. The predicted molar refractivity (Wildman–Crippen MR) is 131 cm³/mol. The number of hydrogen-bond acceptors (Lipinski definition) is 4. The van der Waals surface area contributed by atoms with E-state index in [2.05, 4.69) is 35.5 Å². The smallest absolute Gasteiger partial charge is 0.193 e. The van der Waals surface area contributed by atoms with Gasteiger partial charge in [-0.25, -0.2) is 4.68 Å². The fourth-order valence-corrected chi connectivity index (χ4v) is 3.30. The summed E-state index contributed by atoms with van der Waals surface area (Å²) in [5.41, 5.74) is 2.20. The van der Waals surface area contributed by atoms with Gasteiger partial charge >= 0.3 is 0 Å². The second-order valence-electron chi connectivity index (χ2n) is 7.38. The molecule has 1 saturated heterocycles. The number of nitrogens with zero attached hydrogens (tertiary/aromatic N) is 4. The van der Waals surface area contributed by atoms with Crippen LogP contribution in [0.25, 0.3) is 5.69 Å². The van der Waals surface area contributed by atoms with E-state index >= 15 is 0 Å². The van der Waals surface area contributed by atoms with E-state index in [1.165, 1.54) is 0 Å². The zero-order valence-corrected chi connectivity index (χ0v) is 20.3. The summed E-state index contributed by atoms with van der Waals surface area (Å²) in [6.45, 7) is 7.68. The molecule has 0 aliphatic carbocycles. The third-order valence-electron chi connectivity index (χ3n) is 4.86. The van der Waals surface area contributed by atoms with E-state index in [1.54, 1.807) is 0 Å². The fraction of sp³-hybridized carbons (Fsp3) is 0.545. The standard InChI is InChI=1S/C22H33N5O2.HI/c1-3-23-22(24-11-7-12-28-17-19-10-13-29-18-19)26(2)15-20-14-25-27(16-20)21-8-5-4-6-9-21;/h4-6,8-9,14,16,19H,3,7,10-13,15,17-18H2,1-2H3,(H,23,24);1H. The van der Waals surface area contributed by atoms with Gasteiger partial charge in [-0.15, -0.1) is 24.0 Å². The van der Waals surface area contributed by atoms with E-state index in [0.717, 1.165) is 76.1 Å². The van der Waals surface area contributed by atoms with Gasteiger partial charge in [0.25, 0.3) is 0 Å². The highest BCUT2D eigenvalue weighted by Gasteiger charge is 2.15. The van der Waals surface area contributed by atoms with Crippen LogP contribution in [0.2, 0.25) is 0 Å². The Hall–Kier alpha value is -1.65. The Kier molecular flexibility index (Phi) is 11.2. The topological polar surface area (TPSA) is 63.9 Å². The maximum absolute atomic E-state index is 5.77. The van der Waals surface area contributed by atoms with Crippen molar-refractivity contribution in [3.63, 3.8) is 0 Å². The number of aromatic nitrogens is 2. The largest absolute Gasteiger partial charge is 0.381 e. The summed E-state index contributed by atoms with van der Waals surface area (Å²) in [6.07, 6.45) is 6.01. The van der Waals surface area contributed by atoms with Crippen molar-refractivity contribution in [3.8, 4) is 5.69 Å². The second-order valence-corrected chi connectivity index (χ2v) is 7.38. The molecular weight excluding hydrogens is 493 g/mol. The Labute approximate surface area is 196 Å². The van der Waals surface area contributed by atoms with Gasteiger partial charge in [0.2, 0.25) is 0 Å².